The number of carbonyl (C=O) groups is 1. The van der Waals surface area contributed by atoms with E-state index in [1.165, 1.54) is 0 Å². The predicted octanol–water partition coefficient (Wildman–Crippen LogP) is -1.21. The summed E-state index contributed by atoms with van der Waals surface area (Å²) in [7, 11) is 0. The van der Waals surface area contributed by atoms with Gasteiger partial charge in [-0.2, -0.15) is 12.6 Å². The van der Waals surface area contributed by atoms with Crippen LogP contribution in [0, 0.1) is 0 Å². The first-order chi connectivity index (χ1) is 5.45. The van der Waals surface area contributed by atoms with Gasteiger partial charge in [-0.05, 0) is 12.8 Å². The molecule has 0 saturated heterocycles. The smallest absolute Gasteiger partial charge is 0.321 e. The lowest BCUT2D eigenvalue weighted by Gasteiger charge is -2.14. The number of aliphatic hydroxyl groups excluding tert-OH is 1. The number of carboxylic acid groups (broad SMARTS) is 1. The molecule has 6 heteroatoms. The molecule has 0 amide bonds. The second-order valence-corrected chi connectivity index (χ2v) is 3.15. The van der Waals surface area contributed by atoms with Crippen molar-refractivity contribution in [3.05, 3.63) is 0 Å². The van der Waals surface area contributed by atoms with E-state index in [1.807, 2.05) is 0 Å². The highest BCUT2D eigenvalue weighted by molar-refractivity contribution is 7.81. The Hall–Kier alpha value is -0.300. The van der Waals surface area contributed by atoms with Crippen LogP contribution in [0.15, 0.2) is 0 Å². The second-order valence-electron chi connectivity index (χ2n) is 2.49. The summed E-state index contributed by atoms with van der Waals surface area (Å²) in [5, 5.41) is 24.8. The molecule has 0 aromatic heterocycles. The van der Waals surface area contributed by atoms with Gasteiger partial charge >= 0.3 is 5.97 Å². The molecule has 5 N–H and O–H groups in total. The van der Waals surface area contributed by atoms with Crippen molar-refractivity contribution in [3.8, 4) is 0 Å². The Kier molecular flexibility index (Phi) is 5.23. The van der Waals surface area contributed by atoms with Gasteiger partial charge in [-0.3, -0.25) is 4.79 Å². The molecule has 12 heavy (non-hydrogen) atoms. The molecule has 0 fully saturated rings. The first-order valence-electron chi connectivity index (χ1n) is 3.47. The van der Waals surface area contributed by atoms with Crippen molar-refractivity contribution in [2.75, 3.05) is 0 Å². The summed E-state index contributed by atoms with van der Waals surface area (Å²) in [5.41, 5.74) is 5.21. The number of hydrogen-bond donors (Lipinski definition) is 5. The van der Waals surface area contributed by atoms with E-state index in [4.69, 9.17) is 21.1 Å². The SMILES string of the molecule is N[C@H](C(=O)O)C(S)CCC(O)O. The fourth-order valence-corrected chi connectivity index (χ4v) is 0.941. The fourth-order valence-electron chi connectivity index (χ4n) is 0.664. The summed E-state index contributed by atoms with van der Waals surface area (Å²) in [5.74, 6) is -1.14. The van der Waals surface area contributed by atoms with Gasteiger partial charge in [-0.25, -0.2) is 0 Å². The topological polar surface area (TPSA) is 104 Å². The molecule has 0 aliphatic rings. The molecule has 0 aromatic carbocycles. The van der Waals surface area contributed by atoms with Gasteiger partial charge in [0.2, 0.25) is 0 Å². The molecule has 2 atom stereocenters. The summed E-state index contributed by atoms with van der Waals surface area (Å²) in [6.45, 7) is 0. The van der Waals surface area contributed by atoms with Crippen molar-refractivity contribution in [2.24, 2.45) is 5.73 Å². The number of hydrogen-bond acceptors (Lipinski definition) is 5. The standard InChI is InChI=1S/C6H13NO4S/c7-5(6(10)11)3(12)1-2-4(8)9/h3-5,8-9,12H,1-2,7H2,(H,10,11)/t3?,5-/m0/s1. The van der Waals surface area contributed by atoms with E-state index in [1.54, 1.807) is 0 Å². The maximum absolute atomic E-state index is 10.3. The number of rotatable bonds is 5. The van der Waals surface area contributed by atoms with E-state index in [0.717, 1.165) is 0 Å². The number of nitrogens with two attached hydrogens (primary N) is 1. The third-order valence-corrected chi connectivity index (χ3v) is 2.00. The maximum Gasteiger partial charge on any atom is 0.321 e. The van der Waals surface area contributed by atoms with Crippen molar-refractivity contribution in [1.82, 2.24) is 0 Å². The van der Waals surface area contributed by atoms with Gasteiger partial charge in [0.05, 0.1) is 0 Å². The molecule has 0 rings (SSSR count). The Labute approximate surface area is 75.6 Å². The number of thiol groups is 1. The summed E-state index contributed by atoms with van der Waals surface area (Å²) in [6.07, 6.45) is -1.09. The molecule has 0 aliphatic heterocycles. The molecule has 0 aliphatic carbocycles. The quantitative estimate of drug-likeness (QED) is 0.280. The Morgan fingerprint density at radius 1 is 1.42 bits per heavy atom. The average Bonchev–Trinajstić information content (AvgIpc) is 1.98. The van der Waals surface area contributed by atoms with Crippen molar-refractivity contribution in [3.63, 3.8) is 0 Å². The van der Waals surface area contributed by atoms with Crippen molar-refractivity contribution < 1.29 is 20.1 Å². The Morgan fingerprint density at radius 2 is 1.92 bits per heavy atom. The normalized spacial score (nSPS) is 16.1. The molecule has 0 saturated carbocycles. The zero-order valence-corrected chi connectivity index (χ0v) is 7.32. The first-order valence-corrected chi connectivity index (χ1v) is 3.99. The van der Waals surface area contributed by atoms with Crippen molar-refractivity contribution >= 4 is 18.6 Å². The molecule has 72 valence electrons. The minimum Gasteiger partial charge on any atom is -0.480 e. The van der Waals surface area contributed by atoms with Gasteiger partial charge in [-0.15, -0.1) is 0 Å². The number of aliphatic carboxylic acids is 1. The second kappa shape index (κ2) is 5.36. The lowest BCUT2D eigenvalue weighted by molar-refractivity contribution is -0.138. The summed E-state index contributed by atoms with van der Waals surface area (Å²) in [4.78, 5) is 10.3. The van der Waals surface area contributed by atoms with Crippen molar-refractivity contribution in [1.29, 1.82) is 0 Å². The van der Waals surface area contributed by atoms with Gasteiger partial charge in [0.15, 0.2) is 6.29 Å². The van der Waals surface area contributed by atoms with Crippen LogP contribution < -0.4 is 5.73 Å². The van der Waals surface area contributed by atoms with Gasteiger partial charge in [0, 0.05) is 5.25 Å². The van der Waals surface area contributed by atoms with Crippen LogP contribution in [-0.2, 0) is 4.79 Å². The Bertz CT molecular complexity index is 152. The molecule has 0 bridgehead atoms. The minimum atomic E-state index is -1.43. The van der Waals surface area contributed by atoms with Crippen LogP contribution in [0.2, 0.25) is 0 Å². The number of carboxylic acids is 1. The maximum atomic E-state index is 10.3. The van der Waals surface area contributed by atoms with Crippen LogP contribution in [-0.4, -0.2) is 38.9 Å². The van der Waals surface area contributed by atoms with Gasteiger partial charge in [0.1, 0.15) is 6.04 Å². The highest BCUT2D eigenvalue weighted by Gasteiger charge is 2.20. The van der Waals surface area contributed by atoms with E-state index in [-0.39, 0.29) is 12.8 Å². The molecular weight excluding hydrogens is 182 g/mol. The monoisotopic (exact) mass is 195 g/mol. The molecule has 0 aromatic rings. The van der Waals surface area contributed by atoms with Crippen LogP contribution in [0.25, 0.3) is 0 Å². The van der Waals surface area contributed by atoms with Crippen LogP contribution in [0.3, 0.4) is 0 Å². The average molecular weight is 195 g/mol. The predicted molar refractivity (Wildman–Crippen MR) is 45.8 cm³/mol. The van der Waals surface area contributed by atoms with Crippen LogP contribution in [0.1, 0.15) is 12.8 Å². The van der Waals surface area contributed by atoms with Crippen molar-refractivity contribution in [2.45, 2.75) is 30.4 Å². The minimum absolute atomic E-state index is 0.0785. The fraction of sp³-hybridized carbons (Fsp3) is 0.833. The van der Waals surface area contributed by atoms with E-state index < -0.39 is 23.6 Å². The van der Waals surface area contributed by atoms with Gasteiger partial charge in [-0.1, -0.05) is 0 Å². The third-order valence-electron chi connectivity index (χ3n) is 1.42. The molecule has 1 unspecified atom stereocenters. The third kappa shape index (κ3) is 4.55. The zero-order chi connectivity index (χ0) is 9.72. The van der Waals surface area contributed by atoms with Gasteiger partial charge in [0.25, 0.3) is 0 Å². The Morgan fingerprint density at radius 3 is 2.25 bits per heavy atom. The number of aliphatic hydroxyl groups is 2. The Balaban J connectivity index is 3.71. The molecular formula is C6H13NO4S. The van der Waals surface area contributed by atoms with Gasteiger partial charge < -0.3 is 21.1 Å². The lowest BCUT2D eigenvalue weighted by Crippen LogP contribution is -2.39. The molecule has 5 nitrogen and oxygen atoms in total. The van der Waals surface area contributed by atoms with E-state index in [0.29, 0.717) is 0 Å². The van der Waals surface area contributed by atoms with Crippen LogP contribution >= 0.6 is 12.6 Å². The first kappa shape index (κ1) is 11.7. The summed E-state index contributed by atoms with van der Waals surface area (Å²) in [6, 6.07) is -1.06. The highest BCUT2D eigenvalue weighted by Crippen LogP contribution is 2.09. The molecule has 0 radical (unpaired) electrons. The van der Waals surface area contributed by atoms with E-state index in [2.05, 4.69) is 12.6 Å². The summed E-state index contributed by atoms with van der Waals surface area (Å²) < 4.78 is 0. The lowest BCUT2D eigenvalue weighted by atomic mass is 10.1. The molecule has 0 spiro atoms. The zero-order valence-electron chi connectivity index (χ0n) is 6.42. The van der Waals surface area contributed by atoms with E-state index in [9.17, 15) is 4.79 Å². The van der Waals surface area contributed by atoms with Crippen LogP contribution in [0.4, 0.5) is 0 Å². The largest absolute Gasteiger partial charge is 0.480 e. The highest BCUT2D eigenvalue weighted by atomic mass is 32.1. The van der Waals surface area contributed by atoms with E-state index >= 15 is 0 Å². The molecule has 0 heterocycles. The summed E-state index contributed by atoms with van der Waals surface area (Å²) >= 11 is 3.91. The van der Waals surface area contributed by atoms with Crippen LogP contribution in [0.5, 0.6) is 0 Å².